The van der Waals surface area contributed by atoms with E-state index in [4.69, 9.17) is 11.5 Å². The van der Waals surface area contributed by atoms with Gasteiger partial charge in [-0.05, 0) is 47.0 Å². The van der Waals surface area contributed by atoms with Crippen LogP contribution >= 0.6 is 15.9 Å². The van der Waals surface area contributed by atoms with E-state index in [-0.39, 0.29) is 16.7 Å². The molecule has 0 spiro atoms. The van der Waals surface area contributed by atoms with Crippen molar-refractivity contribution < 1.29 is 13.2 Å². The van der Waals surface area contributed by atoms with Gasteiger partial charge in [-0.2, -0.15) is 4.31 Å². The quantitative estimate of drug-likeness (QED) is 0.780. The van der Waals surface area contributed by atoms with Crippen molar-refractivity contribution in [3.05, 3.63) is 22.7 Å². The Balaban J connectivity index is 2.19. The molecule has 1 heterocycles. The number of primary amides is 1. The third-order valence-corrected chi connectivity index (χ3v) is 6.08. The largest absolute Gasteiger partial charge is 0.398 e. The molecule has 1 amide bonds. The minimum Gasteiger partial charge on any atom is -0.398 e. The fourth-order valence-corrected chi connectivity index (χ4v) is 3.96. The minimum atomic E-state index is -3.57. The smallest absolute Gasteiger partial charge is 0.243 e. The fraction of sp³-hybridized carbons (Fsp3) is 0.417. The number of halogens is 1. The Morgan fingerprint density at radius 3 is 2.40 bits per heavy atom. The molecule has 0 saturated carbocycles. The average molecular weight is 362 g/mol. The molecule has 1 aromatic carbocycles. The highest BCUT2D eigenvalue weighted by atomic mass is 79.9. The van der Waals surface area contributed by atoms with Crippen molar-refractivity contribution in [3.8, 4) is 0 Å². The number of nitrogen functional groups attached to an aromatic ring is 1. The Labute approximate surface area is 126 Å². The van der Waals surface area contributed by atoms with Gasteiger partial charge in [0.05, 0.1) is 4.90 Å². The number of amides is 1. The highest BCUT2D eigenvalue weighted by Gasteiger charge is 2.31. The predicted octanol–water partition coefficient (Wildman–Crippen LogP) is 0.917. The van der Waals surface area contributed by atoms with Gasteiger partial charge < -0.3 is 11.5 Å². The number of nitrogens with zero attached hydrogens (tertiary/aromatic N) is 1. The molecular weight excluding hydrogens is 346 g/mol. The second-order valence-electron chi connectivity index (χ2n) is 4.76. The molecule has 1 saturated heterocycles. The van der Waals surface area contributed by atoms with Gasteiger partial charge >= 0.3 is 0 Å². The zero-order valence-corrected chi connectivity index (χ0v) is 13.2. The first-order valence-corrected chi connectivity index (χ1v) is 8.40. The number of anilines is 1. The topological polar surface area (TPSA) is 106 Å². The molecule has 4 N–H and O–H groups in total. The summed E-state index contributed by atoms with van der Waals surface area (Å²) in [6, 6.07) is 4.55. The molecule has 2 rings (SSSR count). The van der Waals surface area contributed by atoms with E-state index in [9.17, 15) is 13.2 Å². The van der Waals surface area contributed by atoms with Gasteiger partial charge in [0.15, 0.2) is 0 Å². The molecule has 1 aliphatic rings. The maximum absolute atomic E-state index is 12.5. The number of benzene rings is 1. The minimum absolute atomic E-state index is 0.163. The summed E-state index contributed by atoms with van der Waals surface area (Å²) >= 11 is 3.23. The van der Waals surface area contributed by atoms with Gasteiger partial charge in [0.25, 0.3) is 0 Å². The summed E-state index contributed by atoms with van der Waals surface area (Å²) < 4.78 is 27.0. The number of hydrogen-bond donors (Lipinski definition) is 2. The lowest BCUT2D eigenvalue weighted by Gasteiger charge is -2.29. The van der Waals surface area contributed by atoms with Crippen molar-refractivity contribution >= 4 is 37.5 Å². The van der Waals surface area contributed by atoms with Gasteiger partial charge in [0, 0.05) is 29.2 Å². The number of nitrogens with two attached hydrogens (primary N) is 2. The van der Waals surface area contributed by atoms with E-state index in [1.54, 1.807) is 6.07 Å². The molecule has 0 aliphatic carbocycles. The van der Waals surface area contributed by atoms with Gasteiger partial charge in [-0.3, -0.25) is 4.79 Å². The zero-order valence-electron chi connectivity index (χ0n) is 10.8. The molecule has 0 atom stereocenters. The number of hydrogen-bond acceptors (Lipinski definition) is 4. The summed E-state index contributed by atoms with van der Waals surface area (Å²) in [7, 11) is -3.57. The number of carbonyl (C=O) groups is 1. The van der Waals surface area contributed by atoms with Crippen LogP contribution in [0.15, 0.2) is 27.6 Å². The van der Waals surface area contributed by atoms with Crippen LogP contribution in [0.3, 0.4) is 0 Å². The number of sulfonamides is 1. The van der Waals surface area contributed by atoms with Crippen LogP contribution in [-0.4, -0.2) is 31.7 Å². The molecule has 20 heavy (non-hydrogen) atoms. The monoisotopic (exact) mass is 361 g/mol. The van der Waals surface area contributed by atoms with Crippen LogP contribution in [0.5, 0.6) is 0 Å². The van der Waals surface area contributed by atoms with Gasteiger partial charge in [0.1, 0.15) is 0 Å². The van der Waals surface area contributed by atoms with Gasteiger partial charge in [0.2, 0.25) is 15.9 Å². The van der Waals surface area contributed by atoms with Crippen LogP contribution in [0.2, 0.25) is 0 Å². The highest BCUT2D eigenvalue weighted by Crippen LogP contribution is 2.27. The van der Waals surface area contributed by atoms with Crippen LogP contribution in [-0.2, 0) is 14.8 Å². The van der Waals surface area contributed by atoms with E-state index in [1.165, 1.54) is 16.4 Å². The Hall–Kier alpha value is -1.12. The highest BCUT2D eigenvalue weighted by molar-refractivity contribution is 9.10. The van der Waals surface area contributed by atoms with E-state index in [0.29, 0.717) is 36.1 Å². The summed E-state index contributed by atoms with van der Waals surface area (Å²) in [5, 5.41) is 0. The van der Waals surface area contributed by atoms with Crippen molar-refractivity contribution in [2.24, 2.45) is 11.7 Å². The molecule has 0 unspecified atom stereocenters. The molecular formula is C12H16BrN3O3S. The Morgan fingerprint density at radius 1 is 1.30 bits per heavy atom. The van der Waals surface area contributed by atoms with E-state index in [0.717, 1.165) is 0 Å². The summed E-state index contributed by atoms with van der Waals surface area (Å²) in [5.74, 6) is -0.605. The Morgan fingerprint density at radius 2 is 1.90 bits per heavy atom. The normalized spacial score (nSPS) is 18.1. The van der Waals surface area contributed by atoms with Crippen LogP contribution in [0.1, 0.15) is 12.8 Å². The van der Waals surface area contributed by atoms with E-state index in [1.807, 2.05) is 0 Å². The van der Waals surface area contributed by atoms with Crippen molar-refractivity contribution in [1.82, 2.24) is 4.31 Å². The van der Waals surface area contributed by atoms with E-state index in [2.05, 4.69) is 15.9 Å². The van der Waals surface area contributed by atoms with Gasteiger partial charge in [-0.25, -0.2) is 8.42 Å². The Bertz CT molecular complexity index is 625. The van der Waals surface area contributed by atoms with Crippen molar-refractivity contribution in [2.75, 3.05) is 18.8 Å². The number of piperidine rings is 1. The summed E-state index contributed by atoms with van der Waals surface area (Å²) in [6.45, 7) is 0.595. The van der Waals surface area contributed by atoms with E-state index >= 15 is 0 Å². The molecule has 0 radical (unpaired) electrons. The second-order valence-corrected chi connectivity index (χ2v) is 7.56. The molecule has 1 aliphatic heterocycles. The van der Waals surface area contributed by atoms with Gasteiger partial charge in [-0.15, -0.1) is 0 Å². The molecule has 0 aromatic heterocycles. The van der Waals surface area contributed by atoms with Crippen molar-refractivity contribution in [3.63, 3.8) is 0 Å². The second kappa shape index (κ2) is 5.71. The van der Waals surface area contributed by atoms with Crippen LogP contribution < -0.4 is 11.5 Å². The zero-order chi connectivity index (χ0) is 14.9. The van der Waals surface area contributed by atoms with Gasteiger partial charge in [-0.1, -0.05) is 0 Å². The molecule has 110 valence electrons. The summed E-state index contributed by atoms with van der Waals surface area (Å²) in [5.41, 5.74) is 11.3. The lowest BCUT2D eigenvalue weighted by Crippen LogP contribution is -2.41. The van der Waals surface area contributed by atoms with Crippen molar-refractivity contribution in [2.45, 2.75) is 17.7 Å². The molecule has 0 bridgehead atoms. The molecule has 1 fully saturated rings. The van der Waals surface area contributed by atoms with Crippen LogP contribution in [0.4, 0.5) is 5.69 Å². The molecule has 8 heteroatoms. The fourth-order valence-electron chi connectivity index (χ4n) is 2.21. The predicted molar refractivity (Wildman–Crippen MR) is 79.2 cm³/mol. The SMILES string of the molecule is NC(=O)C1CCN(S(=O)(=O)c2ccc(Br)c(N)c2)CC1. The first-order chi connectivity index (χ1) is 9.32. The lowest BCUT2D eigenvalue weighted by atomic mass is 9.98. The van der Waals surface area contributed by atoms with Crippen LogP contribution in [0, 0.1) is 5.92 Å². The maximum Gasteiger partial charge on any atom is 0.243 e. The third kappa shape index (κ3) is 2.97. The number of carbonyl (C=O) groups excluding carboxylic acids is 1. The van der Waals surface area contributed by atoms with Crippen LogP contribution in [0.25, 0.3) is 0 Å². The first kappa shape index (κ1) is 15.3. The number of rotatable bonds is 3. The standard InChI is InChI=1S/C12H16BrN3O3S/c13-10-2-1-9(7-11(10)14)20(18,19)16-5-3-8(4-6-16)12(15)17/h1-2,7-8H,3-6,14H2,(H2,15,17). The first-order valence-electron chi connectivity index (χ1n) is 6.17. The summed E-state index contributed by atoms with van der Waals surface area (Å²) in [6.07, 6.45) is 0.918. The summed E-state index contributed by atoms with van der Waals surface area (Å²) in [4.78, 5) is 11.3. The average Bonchev–Trinajstić information content (AvgIpc) is 2.41. The lowest BCUT2D eigenvalue weighted by molar-refractivity contribution is -0.122. The van der Waals surface area contributed by atoms with Crippen molar-refractivity contribution in [1.29, 1.82) is 0 Å². The third-order valence-electron chi connectivity index (χ3n) is 3.46. The maximum atomic E-state index is 12.5. The molecule has 6 nitrogen and oxygen atoms in total. The van der Waals surface area contributed by atoms with E-state index < -0.39 is 10.0 Å². The molecule has 1 aromatic rings. The Kier molecular flexibility index (Phi) is 4.36.